The summed E-state index contributed by atoms with van der Waals surface area (Å²) in [5, 5.41) is 8.97. The number of benzene rings is 3. The van der Waals surface area contributed by atoms with E-state index in [2.05, 4.69) is 16.0 Å². The van der Waals surface area contributed by atoms with Crippen molar-refractivity contribution in [1.29, 1.82) is 0 Å². The predicted octanol–water partition coefficient (Wildman–Crippen LogP) is 4.42. The van der Waals surface area contributed by atoms with Gasteiger partial charge in [-0.1, -0.05) is 67.9 Å². The van der Waals surface area contributed by atoms with Gasteiger partial charge in [0.15, 0.2) is 0 Å². The number of aryl methyl sites for hydroxylation is 1. The SMILES string of the molecule is CCN1CCOc2ccccc2C(=O)N[C@H](C(=O)NCCOc2cc(C)c(Cl)cc2C(C)C)CC(=O)N[C@@H](Cc2ccccc2)C1=O. The van der Waals surface area contributed by atoms with Crippen molar-refractivity contribution in [1.82, 2.24) is 20.9 Å². The van der Waals surface area contributed by atoms with Crippen molar-refractivity contribution in [2.45, 2.75) is 58.5 Å². The Labute approximate surface area is 281 Å². The first-order valence-corrected chi connectivity index (χ1v) is 16.3. The van der Waals surface area contributed by atoms with Crippen LogP contribution in [0.5, 0.6) is 11.5 Å². The van der Waals surface area contributed by atoms with E-state index in [1.54, 1.807) is 29.2 Å². The number of ether oxygens (including phenoxy) is 2. The van der Waals surface area contributed by atoms with Gasteiger partial charge in [-0.3, -0.25) is 19.2 Å². The molecule has 47 heavy (non-hydrogen) atoms. The molecule has 0 bridgehead atoms. The summed E-state index contributed by atoms with van der Waals surface area (Å²) in [6, 6.07) is 17.7. The Balaban J connectivity index is 1.53. The highest BCUT2D eigenvalue weighted by Crippen LogP contribution is 2.32. The van der Waals surface area contributed by atoms with Crippen LogP contribution in [0.3, 0.4) is 0 Å². The lowest BCUT2D eigenvalue weighted by Crippen LogP contribution is -2.54. The molecule has 3 aromatic rings. The molecule has 1 aliphatic heterocycles. The van der Waals surface area contributed by atoms with E-state index in [1.165, 1.54) is 0 Å². The maximum atomic E-state index is 13.7. The number of nitrogens with one attached hydrogen (secondary N) is 3. The highest BCUT2D eigenvalue weighted by Gasteiger charge is 2.30. The number of rotatable bonds is 9. The lowest BCUT2D eigenvalue weighted by atomic mass is 10.0. The van der Waals surface area contributed by atoms with Crippen molar-refractivity contribution in [2.75, 3.05) is 32.8 Å². The van der Waals surface area contributed by atoms with E-state index in [4.69, 9.17) is 21.1 Å². The molecule has 0 saturated carbocycles. The van der Waals surface area contributed by atoms with Gasteiger partial charge in [-0.05, 0) is 60.7 Å². The van der Waals surface area contributed by atoms with Crippen LogP contribution >= 0.6 is 11.6 Å². The Morgan fingerprint density at radius 3 is 2.51 bits per heavy atom. The standard InChI is InChI=1S/C36H43ClN4O6/c1-5-41-16-18-47-31-14-10-9-13-26(31)34(43)40-29(22-33(42)39-30(36(41)45)20-25-11-7-6-8-12-25)35(44)38-15-17-46-32-19-24(4)28(37)21-27(32)23(2)3/h6-14,19,21,23,29-30H,5,15-18,20,22H2,1-4H3,(H,38,44)(H,39,42)(H,40,43)/t29-,30-/m0/s1. The average Bonchev–Trinajstić information content (AvgIpc) is 3.05. The number of hydrogen-bond acceptors (Lipinski definition) is 6. The molecule has 250 valence electrons. The molecule has 0 saturated heterocycles. The fourth-order valence-corrected chi connectivity index (χ4v) is 5.50. The van der Waals surface area contributed by atoms with Gasteiger partial charge in [-0.25, -0.2) is 0 Å². The normalized spacial score (nSPS) is 17.6. The summed E-state index contributed by atoms with van der Waals surface area (Å²) in [5.74, 6) is -0.795. The first-order chi connectivity index (χ1) is 22.6. The zero-order valence-corrected chi connectivity index (χ0v) is 28.1. The molecule has 4 rings (SSSR count). The maximum Gasteiger partial charge on any atom is 0.255 e. The van der Waals surface area contributed by atoms with Crippen molar-refractivity contribution in [3.63, 3.8) is 0 Å². The number of carbonyl (C=O) groups excluding carboxylic acids is 4. The summed E-state index contributed by atoms with van der Waals surface area (Å²) in [6.07, 6.45) is -0.130. The molecule has 10 nitrogen and oxygen atoms in total. The molecule has 11 heteroatoms. The zero-order chi connectivity index (χ0) is 33.9. The molecule has 0 radical (unpaired) electrons. The number of fused-ring (bicyclic) bond motifs is 1. The van der Waals surface area contributed by atoms with E-state index in [1.807, 2.05) is 70.2 Å². The molecule has 1 heterocycles. The fraction of sp³-hybridized carbons (Fsp3) is 0.389. The number of para-hydroxylation sites is 1. The Hall–Kier alpha value is -4.57. The minimum atomic E-state index is -1.24. The van der Waals surface area contributed by atoms with Gasteiger partial charge in [0.2, 0.25) is 17.7 Å². The molecule has 1 aliphatic rings. The number of nitrogens with zero attached hydrogens (tertiary/aromatic N) is 1. The van der Waals surface area contributed by atoms with Crippen LogP contribution in [0.1, 0.15) is 60.2 Å². The van der Waals surface area contributed by atoms with Crippen LogP contribution < -0.4 is 25.4 Å². The van der Waals surface area contributed by atoms with Gasteiger partial charge >= 0.3 is 0 Å². The largest absolute Gasteiger partial charge is 0.491 e. The first-order valence-electron chi connectivity index (χ1n) is 15.9. The second kappa shape index (κ2) is 16.8. The molecular weight excluding hydrogens is 620 g/mol. The summed E-state index contributed by atoms with van der Waals surface area (Å²) in [4.78, 5) is 55.7. The lowest BCUT2D eigenvalue weighted by Gasteiger charge is -2.28. The zero-order valence-electron chi connectivity index (χ0n) is 27.3. The van der Waals surface area contributed by atoms with Crippen molar-refractivity contribution < 1.29 is 28.7 Å². The highest BCUT2D eigenvalue weighted by atomic mass is 35.5. The maximum absolute atomic E-state index is 13.7. The molecule has 0 aromatic heterocycles. The highest BCUT2D eigenvalue weighted by molar-refractivity contribution is 6.31. The molecule has 0 aliphatic carbocycles. The summed E-state index contributed by atoms with van der Waals surface area (Å²) in [7, 11) is 0. The van der Waals surface area contributed by atoms with Gasteiger partial charge in [0, 0.05) is 18.0 Å². The molecule has 0 spiro atoms. The Morgan fingerprint density at radius 1 is 1.06 bits per heavy atom. The van der Waals surface area contributed by atoms with Crippen molar-refractivity contribution in [2.24, 2.45) is 0 Å². The number of amides is 4. The predicted molar refractivity (Wildman–Crippen MR) is 181 cm³/mol. The second-order valence-electron chi connectivity index (χ2n) is 11.7. The van der Waals surface area contributed by atoms with Crippen molar-refractivity contribution >= 4 is 35.2 Å². The molecule has 4 amide bonds. The Bertz CT molecular complexity index is 1560. The second-order valence-corrected chi connectivity index (χ2v) is 12.1. The summed E-state index contributed by atoms with van der Waals surface area (Å²) < 4.78 is 12.0. The molecule has 3 aromatic carbocycles. The van der Waals surface area contributed by atoms with E-state index in [0.717, 1.165) is 16.7 Å². The Kier molecular flexibility index (Phi) is 12.6. The van der Waals surface area contributed by atoms with Gasteiger partial charge in [-0.15, -0.1) is 0 Å². The molecular formula is C36H43ClN4O6. The smallest absolute Gasteiger partial charge is 0.255 e. The monoisotopic (exact) mass is 662 g/mol. The third kappa shape index (κ3) is 9.71. The molecule has 2 atom stereocenters. The summed E-state index contributed by atoms with van der Waals surface area (Å²) in [5.41, 5.74) is 2.90. The summed E-state index contributed by atoms with van der Waals surface area (Å²) in [6.45, 7) is 8.87. The fourth-order valence-electron chi connectivity index (χ4n) is 5.33. The number of hydrogen-bond donors (Lipinski definition) is 3. The molecule has 0 fully saturated rings. The van der Waals surface area contributed by atoms with Gasteiger partial charge < -0.3 is 30.3 Å². The van der Waals surface area contributed by atoms with Gasteiger partial charge in [0.25, 0.3) is 5.91 Å². The van der Waals surface area contributed by atoms with E-state index in [9.17, 15) is 19.2 Å². The molecule has 0 unspecified atom stereocenters. The van der Waals surface area contributed by atoms with Crippen LogP contribution in [-0.4, -0.2) is 73.5 Å². The summed E-state index contributed by atoms with van der Waals surface area (Å²) >= 11 is 6.32. The van der Waals surface area contributed by atoms with Gasteiger partial charge in [-0.2, -0.15) is 0 Å². The van der Waals surface area contributed by atoms with Crippen LogP contribution in [-0.2, 0) is 20.8 Å². The van der Waals surface area contributed by atoms with E-state index in [-0.39, 0.29) is 56.5 Å². The lowest BCUT2D eigenvalue weighted by molar-refractivity contribution is -0.137. The number of halogens is 1. The average molecular weight is 663 g/mol. The van der Waals surface area contributed by atoms with Crippen LogP contribution in [0.2, 0.25) is 5.02 Å². The number of carbonyl (C=O) groups is 4. The van der Waals surface area contributed by atoms with Crippen LogP contribution in [0.15, 0.2) is 66.7 Å². The van der Waals surface area contributed by atoms with Gasteiger partial charge in [0.1, 0.15) is 36.8 Å². The van der Waals surface area contributed by atoms with Crippen LogP contribution in [0.4, 0.5) is 0 Å². The minimum absolute atomic E-state index is 0.117. The number of likely N-dealkylation sites (N-methyl/N-ethyl adjacent to an activating group) is 1. The third-order valence-corrected chi connectivity index (χ3v) is 8.35. The Morgan fingerprint density at radius 2 is 1.79 bits per heavy atom. The first kappa shape index (κ1) is 35.3. The van der Waals surface area contributed by atoms with Crippen LogP contribution in [0.25, 0.3) is 0 Å². The quantitative estimate of drug-likeness (QED) is 0.291. The van der Waals surface area contributed by atoms with E-state index in [0.29, 0.717) is 23.1 Å². The third-order valence-electron chi connectivity index (χ3n) is 7.94. The van der Waals surface area contributed by atoms with Crippen molar-refractivity contribution in [3.05, 3.63) is 94.0 Å². The minimum Gasteiger partial charge on any atom is -0.491 e. The topological polar surface area (TPSA) is 126 Å². The van der Waals surface area contributed by atoms with Crippen molar-refractivity contribution in [3.8, 4) is 11.5 Å². The van der Waals surface area contributed by atoms with E-state index < -0.39 is 29.8 Å². The van der Waals surface area contributed by atoms with Gasteiger partial charge in [0.05, 0.1) is 25.1 Å². The van der Waals surface area contributed by atoms with E-state index >= 15 is 0 Å². The van der Waals surface area contributed by atoms with Crippen LogP contribution in [0, 0.1) is 6.92 Å². The molecule has 3 N–H and O–H groups in total.